The molecule has 0 saturated heterocycles. The van der Waals surface area contributed by atoms with E-state index in [-0.39, 0.29) is 0 Å². The first-order valence-corrected chi connectivity index (χ1v) is 2.99. The zero-order valence-corrected chi connectivity index (χ0v) is 5.83. The van der Waals surface area contributed by atoms with Crippen LogP contribution in [0.1, 0.15) is 0 Å². The van der Waals surface area contributed by atoms with Crippen LogP contribution in [0, 0.1) is 12.3 Å². The molecular weight excluding hydrogens is 126 g/mol. The van der Waals surface area contributed by atoms with Crippen molar-refractivity contribution in [3.05, 3.63) is 12.4 Å². The summed E-state index contributed by atoms with van der Waals surface area (Å²) in [6.45, 7) is 0.547. The van der Waals surface area contributed by atoms with E-state index in [0.717, 1.165) is 5.69 Å². The summed E-state index contributed by atoms with van der Waals surface area (Å²) in [7, 11) is 1.86. The molecule has 0 bridgehead atoms. The van der Waals surface area contributed by atoms with Crippen molar-refractivity contribution in [1.29, 1.82) is 0 Å². The van der Waals surface area contributed by atoms with Crippen LogP contribution in [0.2, 0.25) is 0 Å². The lowest BCUT2D eigenvalue weighted by Crippen LogP contribution is -1.96. The van der Waals surface area contributed by atoms with Crippen molar-refractivity contribution < 1.29 is 0 Å². The maximum absolute atomic E-state index is 5.04. The van der Waals surface area contributed by atoms with Gasteiger partial charge in [-0.15, -0.1) is 6.42 Å². The van der Waals surface area contributed by atoms with E-state index >= 15 is 0 Å². The van der Waals surface area contributed by atoms with Gasteiger partial charge in [0.2, 0.25) is 0 Å². The molecule has 1 rings (SSSR count). The lowest BCUT2D eigenvalue weighted by molar-refractivity contribution is 0.768. The number of nitrogens with zero attached hydrogens (tertiary/aromatic N) is 2. The van der Waals surface area contributed by atoms with Gasteiger partial charge in [0.15, 0.2) is 0 Å². The predicted octanol–water partition coefficient (Wildman–Crippen LogP) is 0.465. The SMILES string of the molecule is C#CCNc1cnn(C)c1. The van der Waals surface area contributed by atoms with Crippen LogP contribution in [0.3, 0.4) is 0 Å². The van der Waals surface area contributed by atoms with Crippen molar-refractivity contribution in [2.45, 2.75) is 0 Å². The van der Waals surface area contributed by atoms with Crippen LogP contribution < -0.4 is 5.32 Å². The summed E-state index contributed by atoms with van der Waals surface area (Å²) < 4.78 is 1.72. The first-order chi connectivity index (χ1) is 4.83. The van der Waals surface area contributed by atoms with Gasteiger partial charge >= 0.3 is 0 Å². The highest BCUT2D eigenvalue weighted by Crippen LogP contribution is 2.00. The molecule has 10 heavy (non-hydrogen) atoms. The molecule has 1 aromatic rings. The molecule has 0 fully saturated rings. The van der Waals surface area contributed by atoms with Crippen LogP contribution in [0.5, 0.6) is 0 Å². The smallest absolute Gasteiger partial charge is 0.0764 e. The Morgan fingerprint density at radius 3 is 3.20 bits per heavy atom. The molecule has 1 aromatic heterocycles. The highest BCUT2D eigenvalue weighted by molar-refractivity contribution is 5.39. The van der Waals surface area contributed by atoms with E-state index in [0.29, 0.717) is 6.54 Å². The van der Waals surface area contributed by atoms with Crippen molar-refractivity contribution in [1.82, 2.24) is 9.78 Å². The van der Waals surface area contributed by atoms with E-state index in [1.807, 2.05) is 13.2 Å². The van der Waals surface area contributed by atoms with Gasteiger partial charge in [-0.25, -0.2) is 0 Å². The average Bonchev–Trinajstić information content (AvgIpc) is 2.31. The second-order valence-corrected chi connectivity index (χ2v) is 1.96. The molecule has 0 spiro atoms. The second kappa shape index (κ2) is 2.92. The van der Waals surface area contributed by atoms with Gasteiger partial charge in [-0.3, -0.25) is 4.68 Å². The first kappa shape index (κ1) is 6.69. The van der Waals surface area contributed by atoms with Gasteiger partial charge < -0.3 is 5.32 Å². The Morgan fingerprint density at radius 1 is 1.90 bits per heavy atom. The molecule has 0 unspecified atom stereocenters. The van der Waals surface area contributed by atoms with Crippen LogP contribution in [0.15, 0.2) is 12.4 Å². The highest BCUT2D eigenvalue weighted by Gasteiger charge is 1.90. The number of nitrogens with one attached hydrogen (secondary N) is 1. The summed E-state index contributed by atoms with van der Waals surface area (Å²) in [5.74, 6) is 2.48. The number of rotatable bonds is 2. The van der Waals surface area contributed by atoms with Crippen LogP contribution in [-0.2, 0) is 7.05 Å². The summed E-state index contributed by atoms with van der Waals surface area (Å²) in [5.41, 5.74) is 0.959. The van der Waals surface area contributed by atoms with E-state index < -0.39 is 0 Å². The zero-order valence-electron chi connectivity index (χ0n) is 5.83. The number of aromatic nitrogens is 2. The standard InChI is InChI=1S/C7H9N3/c1-3-4-8-7-5-9-10(2)6-7/h1,5-6,8H,4H2,2H3. The molecule has 0 aliphatic rings. The molecule has 1 heterocycles. The van der Waals surface area contributed by atoms with E-state index in [2.05, 4.69) is 16.3 Å². The first-order valence-electron chi connectivity index (χ1n) is 2.99. The minimum atomic E-state index is 0.547. The van der Waals surface area contributed by atoms with Gasteiger partial charge in [-0.1, -0.05) is 5.92 Å². The van der Waals surface area contributed by atoms with Gasteiger partial charge in [0.1, 0.15) is 0 Å². The molecule has 3 nitrogen and oxygen atoms in total. The third kappa shape index (κ3) is 1.52. The Labute approximate surface area is 60.0 Å². The van der Waals surface area contributed by atoms with E-state index in [4.69, 9.17) is 6.42 Å². The summed E-state index contributed by atoms with van der Waals surface area (Å²) in [5, 5.41) is 6.95. The summed E-state index contributed by atoms with van der Waals surface area (Å²) in [6, 6.07) is 0. The van der Waals surface area contributed by atoms with Gasteiger partial charge in [0.25, 0.3) is 0 Å². The number of anilines is 1. The fourth-order valence-electron chi connectivity index (χ4n) is 0.666. The molecule has 0 atom stereocenters. The zero-order chi connectivity index (χ0) is 7.40. The Morgan fingerprint density at radius 2 is 2.70 bits per heavy atom. The monoisotopic (exact) mass is 135 g/mol. The fraction of sp³-hybridized carbons (Fsp3) is 0.286. The predicted molar refractivity (Wildman–Crippen MR) is 40.5 cm³/mol. The third-order valence-electron chi connectivity index (χ3n) is 1.10. The van der Waals surface area contributed by atoms with Crippen molar-refractivity contribution in [2.75, 3.05) is 11.9 Å². The number of aryl methyl sites for hydroxylation is 1. The molecule has 52 valence electrons. The topological polar surface area (TPSA) is 29.9 Å². The summed E-state index contributed by atoms with van der Waals surface area (Å²) in [6.07, 6.45) is 8.65. The lowest BCUT2D eigenvalue weighted by atomic mass is 10.5. The molecule has 3 heteroatoms. The maximum Gasteiger partial charge on any atom is 0.0764 e. The quantitative estimate of drug-likeness (QED) is 0.597. The average molecular weight is 135 g/mol. The van der Waals surface area contributed by atoms with Crippen LogP contribution >= 0.6 is 0 Å². The van der Waals surface area contributed by atoms with Gasteiger partial charge in [-0.05, 0) is 0 Å². The molecule has 1 N–H and O–H groups in total. The molecular formula is C7H9N3. The van der Waals surface area contributed by atoms with Crippen molar-refractivity contribution in [2.24, 2.45) is 7.05 Å². The van der Waals surface area contributed by atoms with E-state index in [9.17, 15) is 0 Å². The fourth-order valence-corrected chi connectivity index (χ4v) is 0.666. The molecule has 0 radical (unpaired) electrons. The van der Waals surface area contributed by atoms with Gasteiger partial charge in [0.05, 0.1) is 18.4 Å². The Kier molecular flexibility index (Phi) is 1.96. The minimum absolute atomic E-state index is 0.547. The third-order valence-corrected chi connectivity index (χ3v) is 1.10. The van der Waals surface area contributed by atoms with Gasteiger partial charge in [0, 0.05) is 13.2 Å². The van der Waals surface area contributed by atoms with Crippen molar-refractivity contribution in [3.63, 3.8) is 0 Å². The van der Waals surface area contributed by atoms with Gasteiger partial charge in [-0.2, -0.15) is 5.10 Å². The van der Waals surface area contributed by atoms with E-state index in [1.54, 1.807) is 10.9 Å². The van der Waals surface area contributed by atoms with Crippen LogP contribution in [0.4, 0.5) is 5.69 Å². The second-order valence-electron chi connectivity index (χ2n) is 1.96. The molecule has 0 saturated carbocycles. The highest BCUT2D eigenvalue weighted by atomic mass is 15.3. The normalized spacial score (nSPS) is 8.80. The number of terminal acetylenes is 1. The van der Waals surface area contributed by atoms with Crippen molar-refractivity contribution in [3.8, 4) is 12.3 Å². The molecule has 0 aromatic carbocycles. The van der Waals surface area contributed by atoms with Crippen molar-refractivity contribution >= 4 is 5.69 Å². The van der Waals surface area contributed by atoms with E-state index in [1.165, 1.54) is 0 Å². The van der Waals surface area contributed by atoms with Crippen LogP contribution in [0.25, 0.3) is 0 Å². The summed E-state index contributed by atoms with van der Waals surface area (Å²) in [4.78, 5) is 0. The maximum atomic E-state index is 5.04. The Balaban J connectivity index is 2.52. The largest absolute Gasteiger partial charge is 0.372 e. The molecule has 0 aliphatic heterocycles. The number of hydrogen-bond donors (Lipinski definition) is 1. The van der Waals surface area contributed by atoms with Crippen LogP contribution in [-0.4, -0.2) is 16.3 Å². The minimum Gasteiger partial charge on any atom is -0.372 e. The molecule has 0 aliphatic carbocycles. The molecule has 0 amide bonds. The Bertz CT molecular complexity index is 244. The Hall–Kier alpha value is -1.43. The summed E-state index contributed by atoms with van der Waals surface area (Å²) >= 11 is 0. The number of hydrogen-bond acceptors (Lipinski definition) is 2. The lowest BCUT2D eigenvalue weighted by Gasteiger charge is -1.93.